The monoisotopic (exact) mass is 243 g/mol. The molecule has 16 heavy (non-hydrogen) atoms. The first-order valence-electron chi connectivity index (χ1n) is 6.13. The summed E-state index contributed by atoms with van der Waals surface area (Å²) in [6.07, 6.45) is 2.19. The molecule has 2 N–H and O–H groups in total. The summed E-state index contributed by atoms with van der Waals surface area (Å²) in [5.74, 6) is 2.02. The number of hydrogen-bond donors (Lipinski definition) is 2. The van der Waals surface area contributed by atoms with Gasteiger partial charge in [0.25, 0.3) is 0 Å². The number of likely N-dealkylation sites (tertiary alicyclic amines) is 1. The molecule has 2 saturated heterocycles. The third-order valence-corrected chi connectivity index (χ3v) is 4.35. The molecule has 2 fully saturated rings. The van der Waals surface area contributed by atoms with Gasteiger partial charge in [0.15, 0.2) is 0 Å². The van der Waals surface area contributed by atoms with Crippen LogP contribution in [0.2, 0.25) is 0 Å². The number of thioether (sulfide) groups is 1. The van der Waals surface area contributed by atoms with Gasteiger partial charge in [0, 0.05) is 30.8 Å². The van der Waals surface area contributed by atoms with Crippen molar-refractivity contribution in [2.45, 2.75) is 31.8 Å². The van der Waals surface area contributed by atoms with Gasteiger partial charge in [0.1, 0.15) is 0 Å². The lowest BCUT2D eigenvalue weighted by atomic mass is 10.0. The Bertz CT molecular complexity index is 235. The summed E-state index contributed by atoms with van der Waals surface area (Å²) in [7, 11) is 0. The molecule has 0 spiro atoms. The molecule has 0 bridgehead atoms. The fourth-order valence-corrected chi connectivity index (χ4v) is 3.20. The predicted molar refractivity (Wildman–Crippen MR) is 67.5 cm³/mol. The highest BCUT2D eigenvalue weighted by atomic mass is 32.2. The summed E-state index contributed by atoms with van der Waals surface area (Å²) in [4.78, 5) is 14.3. The molecular weight excluding hydrogens is 222 g/mol. The molecule has 2 aliphatic rings. The zero-order valence-corrected chi connectivity index (χ0v) is 10.7. The number of amides is 1. The molecule has 5 heteroatoms. The third kappa shape index (κ3) is 3.12. The van der Waals surface area contributed by atoms with Crippen molar-refractivity contribution in [3.05, 3.63) is 0 Å². The average Bonchev–Trinajstić information content (AvgIpc) is 2.83. The topological polar surface area (TPSA) is 44.4 Å². The standard InChI is InChI=1S/C11H21N3OS/c1-2-14-5-3-9(4-6-14)13-11(15)10-7-16-8-12-10/h9-10,12H,2-8H2,1H3,(H,13,15). The molecule has 0 aromatic carbocycles. The van der Waals surface area contributed by atoms with Gasteiger partial charge in [0.2, 0.25) is 5.91 Å². The maximum atomic E-state index is 11.9. The van der Waals surface area contributed by atoms with Crippen molar-refractivity contribution in [3.63, 3.8) is 0 Å². The van der Waals surface area contributed by atoms with Gasteiger partial charge in [-0.15, -0.1) is 11.8 Å². The van der Waals surface area contributed by atoms with Crippen LogP contribution in [0.1, 0.15) is 19.8 Å². The van der Waals surface area contributed by atoms with E-state index in [9.17, 15) is 4.79 Å². The van der Waals surface area contributed by atoms with Gasteiger partial charge in [-0.3, -0.25) is 10.1 Å². The molecule has 0 radical (unpaired) electrons. The summed E-state index contributed by atoms with van der Waals surface area (Å²) >= 11 is 1.80. The van der Waals surface area contributed by atoms with E-state index >= 15 is 0 Å². The van der Waals surface area contributed by atoms with Crippen molar-refractivity contribution in [1.82, 2.24) is 15.5 Å². The Morgan fingerprint density at radius 3 is 2.81 bits per heavy atom. The fraction of sp³-hybridized carbons (Fsp3) is 0.909. The van der Waals surface area contributed by atoms with Crippen molar-refractivity contribution in [2.75, 3.05) is 31.3 Å². The van der Waals surface area contributed by atoms with Crippen LogP contribution in [0, 0.1) is 0 Å². The maximum Gasteiger partial charge on any atom is 0.238 e. The van der Waals surface area contributed by atoms with E-state index in [4.69, 9.17) is 0 Å². The van der Waals surface area contributed by atoms with E-state index in [1.165, 1.54) is 0 Å². The zero-order valence-electron chi connectivity index (χ0n) is 9.87. The second-order valence-corrected chi connectivity index (χ2v) is 5.52. The summed E-state index contributed by atoms with van der Waals surface area (Å²) in [5.41, 5.74) is 0. The molecule has 1 unspecified atom stereocenters. The van der Waals surface area contributed by atoms with Gasteiger partial charge in [0.05, 0.1) is 6.04 Å². The number of nitrogens with one attached hydrogen (secondary N) is 2. The third-order valence-electron chi connectivity index (χ3n) is 3.41. The smallest absolute Gasteiger partial charge is 0.238 e. The van der Waals surface area contributed by atoms with Crippen LogP contribution in [-0.2, 0) is 4.79 Å². The Balaban J connectivity index is 1.71. The lowest BCUT2D eigenvalue weighted by Crippen LogP contribution is -2.50. The Morgan fingerprint density at radius 2 is 2.25 bits per heavy atom. The van der Waals surface area contributed by atoms with Crippen LogP contribution < -0.4 is 10.6 Å². The van der Waals surface area contributed by atoms with Crippen LogP contribution in [-0.4, -0.2) is 54.2 Å². The van der Waals surface area contributed by atoms with E-state index in [1.807, 2.05) is 0 Å². The highest BCUT2D eigenvalue weighted by molar-refractivity contribution is 7.99. The van der Waals surface area contributed by atoms with Crippen LogP contribution in [0.25, 0.3) is 0 Å². The predicted octanol–water partition coefficient (Wildman–Crippen LogP) is 0.249. The Kier molecular flexibility index (Phi) is 4.49. The molecule has 2 rings (SSSR count). The Labute approximate surface area is 102 Å². The van der Waals surface area contributed by atoms with Crippen molar-refractivity contribution in [2.24, 2.45) is 0 Å². The minimum absolute atomic E-state index is 0.0363. The van der Waals surface area contributed by atoms with Crippen LogP contribution in [0.5, 0.6) is 0 Å². The average molecular weight is 243 g/mol. The summed E-state index contributed by atoms with van der Waals surface area (Å²) in [6, 6.07) is 0.428. The largest absolute Gasteiger partial charge is 0.352 e. The SMILES string of the molecule is CCN1CCC(NC(=O)C2CSCN2)CC1. The van der Waals surface area contributed by atoms with Crippen LogP contribution in [0.15, 0.2) is 0 Å². The maximum absolute atomic E-state index is 11.9. The highest BCUT2D eigenvalue weighted by Crippen LogP contribution is 2.12. The van der Waals surface area contributed by atoms with Crippen molar-refractivity contribution < 1.29 is 4.79 Å². The Morgan fingerprint density at radius 1 is 1.50 bits per heavy atom. The lowest BCUT2D eigenvalue weighted by molar-refractivity contribution is -0.123. The Hall–Kier alpha value is -0.260. The molecule has 0 aliphatic carbocycles. The molecule has 4 nitrogen and oxygen atoms in total. The molecule has 2 aliphatic heterocycles. The molecule has 1 amide bonds. The molecule has 1 atom stereocenters. The second kappa shape index (κ2) is 5.89. The van der Waals surface area contributed by atoms with E-state index in [0.717, 1.165) is 44.1 Å². The zero-order chi connectivity index (χ0) is 11.4. The summed E-state index contributed by atoms with van der Waals surface area (Å²) < 4.78 is 0. The summed E-state index contributed by atoms with van der Waals surface area (Å²) in [6.45, 7) is 5.56. The molecule has 2 heterocycles. The fourth-order valence-electron chi connectivity index (χ4n) is 2.26. The molecule has 0 saturated carbocycles. The van der Waals surface area contributed by atoms with Crippen LogP contribution in [0.4, 0.5) is 0 Å². The number of nitrogens with zero attached hydrogens (tertiary/aromatic N) is 1. The minimum atomic E-state index is 0.0363. The summed E-state index contributed by atoms with van der Waals surface area (Å²) in [5, 5.41) is 6.37. The second-order valence-electron chi connectivity index (χ2n) is 4.49. The van der Waals surface area contributed by atoms with Gasteiger partial charge in [-0.25, -0.2) is 0 Å². The van der Waals surface area contributed by atoms with Crippen molar-refractivity contribution in [3.8, 4) is 0 Å². The van der Waals surface area contributed by atoms with Gasteiger partial charge in [-0.05, 0) is 19.4 Å². The number of carbonyl (C=O) groups excluding carboxylic acids is 1. The minimum Gasteiger partial charge on any atom is -0.352 e. The molecule has 0 aromatic heterocycles. The van der Waals surface area contributed by atoms with E-state index in [0.29, 0.717) is 6.04 Å². The first-order valence-corrected chi connectivity index (χ1v) is 7.29. The number of rotatable bonds is 3. The van der Waals surface area contributed by atoms with Gasteiger partial charge in [-0.1, -0.05) is 6.92 Å². The van der Waals surface area contributed by atoms with Gasteiger partial charge >= 0.3 is 0 Å². The first-order chi connectivity index (χ1) is 7.79. The van der Waals surface area contributed by atoms with E-state index in [-0.39, 0.29) is 11.9 Å². The highest BCUT2D eigenvalue weighted by Gasteiger charge is 2.26. The van der Waals surface area contributed by atoms with Gasteiger partial charge in [-0.2, -0.15) is 0 Å². The van der Waals surface area contributed by atoms with E-state index in [2.05, 4.69) is 22.5 Å². The van der Waals surface area contributed by atoms with Crippen molar-refractivity contribution >= 4 is 17.7 Å². The van der Waals surface area contributed by atoms with Crippen LogP contribution in [0.3, 0.4) is 0 Å². The van der Waals surface area contributed by atoms with E-state index < -0.39 is 0 Å². The first kappa shape index (κ1) is 12.2. The number of piperidine rings is 1. The van der Waals surface area contributed by atoms with Crippen LogP contribution >= 0.6 is 11.8 Å². The molecule has 0 aromatic rings. The number of carbonyl (C=O) groups is 1. The number of hydrogen-bond acceptors (Lipinski definition) is 4. The molecule has 92 valence electrons. The molecular formula is C11H21N3OS. The quantitative estimate of drug-likeness (QED) is 0.746. The van der Waals surface area contributed by atoms with Crippen molar-refractivity contribution in [1.29, 1.82) is 0 Å². The van der Waals surface area contributed by atoms with Gasteiger partial charge < -0.3 is 10.2 Å². The lowest BCUT2D eigenvalue weighted by Gasteiger charge is -2.31. The normalized spacial score (nSPS) is 28.2. The van der Waals surface area contributed by atoms with E-state index in [1.54, 1.807) is 11.8 Å².